The van der Waals surface area contributed by atoms with Crippen molar-refractivity contribution in [1.82, 2.24) is 14.9 Å². The van der Waals surface area contributed by atoms with Crippen molar-refractivity contribution in [2.45, 2.75) is 12.7 Å². The van der Waals surface area contributed by atoms with Gasteiger partial charge in [-0.1, -0.05) is 60.1 Å². The number of halogens is 1. The van der Waals surface area contributed by atoms with Crippen molar-refractivity contribution >= 4 is 34.2 Å². The highest BCUT2D eigenvalue weighted by Gasteiger charge is 2.36. The first-order valence-electron chi connectivity index (χ1n) is 11.1. The lowest BCUT2D eigenvalue weighted by Gasteiger charge is -2.27. The molecule has 6 heteroatoms. The zero-order valence-electron chi connectivity index (χ0n) is 18.2. The summed E-state index contributed by atoms with van der Waals surface area (Å²) in [5.74, 6) is 0.821. The molecule has 0 aliphatic carbocycles. The smallest absolute Gasteiger partial charge is 0.256 e. The van der Waals surface area contributed by atoms with Crippen LogP contribution in [0.3, 0.4) is 0 Å². The number of anilines is 1. The van der Waals surface area contributed by atoms with Crippen LogP contribution in [0.5, 0.6) is 0 Å². The molecule has 2 N–H and O–H groups in total. The van der Waals surface area contributed by atoms with Gasteiger partial charge in [-0.15, -0.1) is 0 Å². The fourth-order valence-corrected chi connectivity index (χ4v) is 4.67. The molecule has 0 bridgehead atoms. The molecule has 1 amide bonds. The maximum absolute atomic E-state index is 13.3. The van der Waals surface area contributed by atoms with E-state index in [-0.39, 0.29) is 12.1 Å². The number of hydrogen-bond acceptors (Lipinski definition) is 3. The Kier molecular flexibility index (Phi) is 5.04. The maximum atomic E-state index is 13.3. The molecule has 34 heavy (non-hydrogen) atoms. The maximum Gasteiger partial charge on any atom is 0.256 e. The fourth-order valence-electron chi connectivity index (χ4n) is 4.47. The second-order valence-electron chi connectivity index (χ2n) is 8.34. The molecule has 0 fully saturated rings. The summed E-state index contributed by atoms with van der Waals surface area (Å²) in [6, 6.07) is 31.5. The number of benzene rings is 4. The number of hydrogen-bond donors (Lipinski definition) is 2. The molecule has 5 nitrogen and oxygen atoms in total. The zero-order chi connectivity index (χ0) is 23.1. The van der Waals surface area contributed by atoms with Crippen LogP contribution >= 0.6 is 11.6 Å². The van der Waals surface area contributed by atoms with E-state index in [1.165, 1.54) is 0 Å². The van der Waals surface area contributed by atoms with Crippen molar-refractivity contribution in [3.63, 3.8) is 0 Å². The highest BCUT2D eigenvalue weighted by atomic mass is 35.5. The van der Waals surface area contributed by atoms with Gasteiger partial charge in [-0.2, -0.15) is 0 Å². The molecule has 5 aromatic rings. The van der Waals surface area contributed by atoms with Gasteiger partial charge in [0.1, 0.15) is 12.0 Å². The lowest BCUT2D eigenvalue weighted by molar-refractivity contribution is 0.0729. The van der Waals surface area contributed by atoms with E-state index in [9.17, 15) is 4.79 Å². The number of amides is 1. The molecule has 0 radical (unpaired) electrons. The van der Waals surface area contributed by atoms with E-state index in [0.29, 0.717) is 17.1 Å². The van der Waals surface area contributed by atoms with E-state index in [0.717, 1.165) is 39.2 Å². The van der Waals surface area contributed by atoms with Crippen molar-refractivity contribution in [2.75, 3.05) is 5.32 Å². The Hall–Kier alpha value is -4.09. The van der Waals surface area contributed by atoms with Crippen molar-refractivity contribution in [3.8, 4) is 11.4 Å². The number of carbonyl (C=O) groups excluding carboxylic acids is 1. The third kappa shape index (κ3) is 3.60. The molecule has 1 atom stereocenters. The number of para-hydroxylation sites is 2. The highest BCUT2D eigenvalue weighted by molar-refractivity contribution is 6.31. The topological polar surface area (TPSA) is 61.0 Å². The Labute approximate surface area is 202 Å². The number of fused-ring (bicyclic) bond motifs is 2. The predicted molar refractivity (Wildman–Crippen MR) is 136 cm³/mol. The minimum absolute atomic E-state index is 0.00749. The molecule has 1 aliphatic rings. The van der Waals surface area contributed by atoms with Crippen LogP contribution in [-0.2, 0) is 6.54 Å². The van der Waals surface area contributed by atoms with Gasteiger partial charge in [-0.3, -0.25) is 4.79 Å². The molecule has 1 aromatic heterocycles. The molecule has 0 unspecified atom stereocenters. The van der Waals surface area contributed by atoms with E-state index < -0.39 is 0 Å². The number of nitrogens with zero attached hydrogens (tertiary/aromatic N) is 2. The van der Waals surface area contributed by atoms with Gasteiger partial charge in [-0.25, -0.2) is 4.98 Å². The highest BCUT2D eigenvalue weighted by Crippen LogP contribution is 2.36. The molecular weight excluding hydrogens is 444 g/mol. The third-order valence-electron chi connectivity index (χ3n) is 6.21. The van der Waals surface area contributed by atoms with Crippen molar-refractivity contribution in [1.29, 1.82) is 0 Å². The monoisotopic (exact) mass is 464 g/mol. The van der Waals surface area contributed by atoms with Gasteiger partial charge < -0.3 is 15.2 Å². The summed E-state index contributed by atoms with van der Waals surface area (Å²) in [7, 11) is 0. The van der Waals surface area contributed by atoms with Crippen LogP contribution in [0.25, 0.3) is 22.4 Å². The minimum Gasteiger partial charge on any atom is -0.361 e. The van der Waals surface area contributed by atoms with Gasteiger partial charge in [-0.05, 0) is 54.1 Å². The SMILES string of the molecule is O=C1c2ccccc2[C@@H](Nc2ccc(-c3nc4ccccc4[nH]3)cc2)N1Cc1ccccc1Cl. The first kappa shape index (κ1) is 20.5. The number of H-pyrrole nitrogens is 1. The van der Waals surface area contributed by atoms with Gasteiger partial charge in [0.05, 0.1) is 11.0 Å². The van der Waals surface area contributed by atoms with E-state index >= 15 is 0 Å². The number of rotatable bonds is 5. The molecule has 0 saturated heterocycles. The first-order chi connectivity index (χ1) is 16.7. The molecule has 166 valence electrons. The van der Waals surface area contributed by atoms with Crippen LogP contribution < -0.4 is 5.32 Å². The molecular formula is C28H21ClN4O. The summed E-state index contributed by atoms with van der Waals surface area (Å²) < 4.78 is 0. The summed E-state index contributed by atoms with van der Waals surface area (Å²) in [5.41, 5.74) is 6.45. The quantitative estimate of drug-likeness (QED) is 0.306. The number of aromatic amines is 1. The van der Waals surface area contributed by atoms with Gasteiger partial charge in [0, 0.05) is 33.9 Å². The minimum atomic E-state index is -0.294. The standard InChI is InChI=1S/C28H21ClN4O/c29-23-10-4-1-7-19(23)17-33-27(21-8-2-3-9-22(21)28(33)34)30-20-15-13-18(14-16-20)26-31-24-11-5-6-12-25(24)32-26/h1-16,27,30H,17H2,(H,31,32)/t27-/m0/s1. The number of imidazole rings is 1. The van der Waals surface area contributed by atoms with Crippen LogP contribution in [0, 0.1) is 0 Å². The molecule has 4 aromatic carbocycles. The Morgan fingerprint density at radius 2 is 1.62 bits per heavy atom. The average molecular weight is 465 g/mol. The number of carbonyl (C=O) groups is 1. The van der Waals surface area contributed by atoms with Crippen LogP contribution in [0.1, 0.15) is 27.7 Å². The van der Waals surface area contributed by atoms with Gasteiger partial charge in [0.15, 0.2) is 0 Å². The predicted octanol–water partition coefficient (Wildman–Crippen LogP) is 6.65. The van der Waals surface area contributed by atoms with Gasteiger partial charge in [0.25, 0.3) is 5.91 Å². The second kappa shape index (κ2) is 8.36. The summed E-state index contributed by atoms with van der Waals surface area (Å²) in [6.07, 6.45) is -0.294. The Morgan fingerprint density at radius 1 is 0.882 bits per heavy atom. The Balaban J connectivity index is 1.30. The summed E-state index contributed by atoms with van der Waals surface area (Å²) in [4.78, 5) is 23.1. The number of aromatic nitrogens is 2. The molecule has 6 rings (SSSR count). The second-order valence-corrected chi connectivity index (χ2v) is 8.75. The lowest BCUT2D eigenvalue weighted by atomic mass is 10.1. The fraction of sp³-hybridized carbons (Fsp3) is 0.0714. The molecule has 0 saturated carbocycles. The van der Waals surface area contributed by atoms with Crippen LogP contribution in [0.15, 0.2) is 97.1 Å². The van der Waals surface area contributed by atoms with Gasteiger partial charge >= 0.3 is 0 Å². The van der Waals surface area contributed by atoms with Crippen LogP contribution in [0.4, 0.5) is 5.69 Å². The van der Waals surface area contributed by atoms with E-state index in [1.807, 2.05) is 102 Å². The van der Waals surface area contributed by atoms with E-state index in [2.05, 4.69) is 15.3 Å². The third-order valence-corrected chi connectivity index (χ3v) is 6.58. The first-order valence-corrected chi connectivity index (χ1v) is 11.5. The molecule has 1 aliphatic heterocycles. The molecule has 0 spiro atoms. The Bertz CT molecular complexity index is 1480. The summed E-state index contributed by atoms with van der Waals surface area (Å²) in [5, 5.41) is 4.21. The van der Waals surface area contributed by atoms with Gasteiger partial charge in [0.2, 0.25) is 0 Å². The number of nitrogens with one attached hydrogen (secondary N) is 2. The van der Waals surface area contributed by atoms with E-state index in [1.54, 1.807) is 0 Å². The van der Waals surface area contributed by atoms with Crippen molar-refractivity contribution in [3.05, 3.63) is 119 Å². The largest absolute Gasteiger partial charge is 0.361 e. The normalized spacial score (nSPS) is 15.0. The van der Waals surface area contributed by atoms with Crippen molar-refractivity contribution in [2.24, 2.45) is 0 Å². The summed E-state index contributed by atoms with van der Waals surface area (Å²) in [6.45, 7) is 0.419. The zero-order valence-corrected chi connectivity index (χ0v) is 19.0. The van der Waals surface area contributed by atoms with Crippen LogP contribution in [-0.4, -0.2) is 20.8 Å². The van der Waals surface area contributed by atoms with E-state index in [4.69, 9.17) is 11.6 Å². The summed E-state index contributed by atoms with van der Waals surface area (Å²) >= 11 is 6.41. The van der Waals surface area contributed by atoms with Crippen molar-refractivity contribution < 1.29 is 4.79 Å². The Morgan fingerprint density at radius 3 is 2.44 bits per heavy atom. The average Bonchev–Trinajstić information content (AvgIpc) is 3.41. The molecule has 2 heterocycles. The lowest BCUT2D eigenvalue weighted by Crippen LogP contribution is -2.32. The van der Waals surface area contributed by atoms with Crippen LogP contribution in [0.2, 0.25) is 5.02 Å².